The maximum Gasteiger partial charge on any atom is 0.166 e. The number of aromatic nitrogens is 3. The SMILES string of the molecule is Cc1sc2c(c1C)C(c1ccc(Cl)cc1)=NC(C)(CCCN(C)C)c1nnc(C)n1-2. The van der Waals surface area contributed by atoms with Gasteiger partial charge in [0.25, 0.3) is 0 Å². The Labute approximate surface area is 187 Å². The van der Waals surface area contributed by atoms with Crippen molar-refractivity contribution in [3.63, 3.8) is 0 Å². The van der Waals surface area contributed by atoms with Crippen molar-refractivity contribution < 1.29 is 0 Å². The minimum Gasteiger partial charge on any atom is -0.309 e. The minimum absolute atomic E-state index is 0.467. The number of nitrogens with zero attached hydrogens (tertiary/aromatic N) is 5. The van der Waals surface area contributed by atoms with Gasteiger partial charge in [0.15, 0.2) is 5.82 Å². The van der Waals surface area contributed by atoms with Gasteiger partial charge in [0.2, 0.25) is 0 Å². The van der Waals surface area contributed by atoms with E-state index in [1.807, 2.05) is 19.1 Å². The summed E-state index contributed by atoms with van der Waals surface area (Å²) in [6.45, 7) is 9.58. The van der Waals surface area contributed by atoms with E-state index in [0.29, 0.717) is 0 Å². The highest BCUT2D eigenvalue weighted by atomic mass is 35.5. The number of rotatable bonds is 5. The number of benzene rings is 1. The Hall–Kier alpha value is -2.02. The first-order valence-electron chi connectivity index (χ1n) is 10.2. The normalized spacial score (nSPS) is 18.2. The summed E-state index contributed by atoms with van der Waals surface area (Å²) in [6, 6.07) is 8.01. The van der Waals surface area contributed by atoms with Crippen LogP contribution in [0.15, 0.2) is 29.3 Å². The van der Waals surface area contributed by atoms with Crippen LogP contribution >= 0.6 is 22.9 Å². The van der Waals surface area contributed by atoms with E-state index in [2.05, 4.69) is 66.7 Å². The van der Waals surface area contributed by atoms with Crippen LogP contribution in [0.1, 0.15) is 53.0 Å². The van der Waals surface area contributed by atoms with E-state index in [4.69, 9.17) is 16.6 Å². The van der Waals surface area contributed by atoms with Gasteiger partial charge in [0, 0.05) is 21.0 Å². The predicted octanol–water partition coefficient (Wildman–Crippen LogP) is 5.32. The Kier molecular flexibility index (Phi) is 5.60. The fourth-order valence-corrected chi connectivity index (χ4v) is 5.41. The van der Waals surface area contributed by atoms with E-state index in [9.17, 15) is 0 Å². The fraction of sp³-hybridized carbons (Fsp3) is 0.435. The van der Waals surface area contributed by atoms with Crippen molar-refractivity contribution in [2.24, 2.45) is 4.99 Å². The number of aliphatic imine (C=N–C) groups is 1. The highest BCUT2D eigenvalue weighted by Gasteiger charge is 2.38. The van der Waals surface area contributed by atoms with Gasteiger partial charge < -0.3 is 4.90 Å². The molecule has 1 atom stereocenters. The quantitative estimate of drug-likeness (QED) is 0.538. The molecule has 7 heteroatoms. The molecular weight excluding hydrogens is 414 g/mol. The standard InChI is InChI=1S/C23H28ClN5S/c1-14-15(2)30-21-19(14)20(17-8-10-18(24)11-9-17)25-23(4,12-7-13-28(5)6)22-27-26-16(3)29(21)22/h8-11H,7,12-13H2,1-6H3. The summed E-state index contributed by atoms with van der Waals surface area (Å²) in [5.74, 6) is 1.82. The first-order chi connectivity index (χ1) is 14.2. The molecule has 1 unspecified atom stereocenters. The molecule has 5 nitrogen and oxygen atoms in total. The molecule has 158 valence electrons. The summed E-state index contributed by atoms with van der Waals surface area (Å²) < 4.78 is 2.22. The lowest BCUT2D eigenvalue weighted by molar-refractivity contribution is 0.344. The molecule has 0 aliphatic carbocycles. The summed E-state index contributed by atoms with van der Waals surface area (Å²) in [5.41, 5.74) is 4.07. The number of halogens is 1. The number of thiophene rings is 1. The van der Waals surface area contributed by atoms with Crippen molar-refractivity contribution in [1.82, 2.24) is 19.7 Å². The second kappa shape index (κ2) is 7.91. The van der Waals surface area contributed by atoms with Crippen LogP contribution in [0.3, 0.4) is 0 Å². The Morgan fingerprint density at radius 3 is 2.47 bits per heavy atom. The Bertz CT molecular complexity index is 1110. The molecule has 3 aromatic rings. The lowest BCUT2D eigenvalue weighted by atomic mass is 9.93. The Balaban J connectivity index is 1.97. The van der Waals surface area contributed by atoms with E-state index in [1.54, 1.807) is 11.3 Å². The van der Waals surface area contributed by atoms with Gasteiger partial charge in [0.1, 0.15) is 16.4 Å². The van der Waals surface area contributed by atoms with Gasteiger partial charge >= 0.3 is 0 Å². The average Bonchev–Trinajstić information content (AvgIpc) is 3.17. The smallest absolute Gasteiger partial charge is 0.166 e. The fourth-order valence-electron chi connectivity index (χ4n) is 4.08. The van der Waals surface area contributed by atoms with Gasteiger partial charge in [-0.05, 0) is 78.9 Å². The van der Waals surface area contributed by atoms with Gasteiger partial charge in [0.05, 0.1) is 5.71 Å². The molecule has 0 N–H and O–H groups in total. The third kappa shape index (κ3) is 3.61. The van der Waals surface area contributed by atoms with Crippen LogP contribution in [-0.4, -0.2) is 46.0 Å². The van der Waals surface area contributed by atoms with E-state index < -0.39 is 5.54 Å². The van der Waals surface area contributed by atoms with Gasteiger partial charge in [-0.3, -0.25) is 9.56 Å². The average molecular weight is 442 g/mol. The van der Waals surface area contributed by atoms with Gasteiger partial charge in [-0.2, -0.15) is 0 Å². The number of hydrogen-bond donors (Lipinski definition) is 0. The van der Waals surface area contributed by atoms with Crippen LogP contribution in [0.2, 0.25) is 5.02 Å². The second-order valence-electron chi connectivity index (χ2n) is 8.52. The largest absolute Gasteiger partial charge is 0.309 e. The van der Waals surface area contributed by atoms with Gasteiger partial charge in [-0.25, -0.2) is 0 Å². The topological polar surface area (TPSA) is 46.3 Å². The first-order valence-corrected chi connectivity index (χ1v) is 11.4. The lowest BCUT2D eigenvalue weighted by Crippen LogP contribution is -2.26. The Morgan fingerprint density at radius 2 is 1.80 bits per heavy atom. The van der Waals surface area contributed by atoms with Crippen molar-refractivity contribution in [1.29, 1.82) is 0 Å². The molecule has 1 aliphatic rings. The molecule has 1 aromatic carbocycles. The molecule has 0 amide bonds. The van der Waals surface area contributed by atoms with Gasteiger partial charge in [-0.15, -0.1) is 21.5 Å². The molecule has 30 heavy (non-hydrogen) atoms. The molecule has 1 aliphatic heterocycles. The summed E-state index contributed by atoms with van der Waals surface area (Å²) in [6.07, 6.45) is 1.92. The molecule has 0 saturated heterocycles. The van der Waals surface area contributed by atoms with Crippen molar-refractivity contribution in [3.05, 3.63) is 62.5 Å². The second-order valence-corrected chi connectivity index (χ2v) is 10.2. The van der Waals surface area contributed by atoms with E-state index in [0.717, 1.165) is 52.3 Å². The maximum absolute atomic E-state index is 6.18. The number of hydrogen-bond acceptors (Lipinski definition) is 5. The van der Waals surface area contributed by atoms with Crippen LogP contribution in [0, 0.1) is 20.8 Å². The Morgan fingerprint density at radius 1 is 1.10 bits per heavy atom. The zero-order valence-corrected chi connectivity index (χ0v) is 20.0. The maximum atomic E-state index is 6.18. The molecule has 0 bridgehead atoms. The molecule has 0 saturated carbocycles. The van der Waals surface area contributed by atoms with Crippen LogP contribution in [0.5, 0.6) is 0 Å². The van der Waals surface area contributed by atoms with Crippen LogP contribution in [0.25, 0.3) is 5.00 Å². The van der Waals surface area contributed by atoms with Crippen molar-refractivity contribution in [3.8, 4) is 5.00 Å². The first kappa shape index (κ1) is 21.2. The third-order valence-corrected chi connectivity index (χ3v) is 7.30. The monoisotopic (exact) mass is 441 g/mol. The lowest BCUT2D eigenvalue weighted by Gasteiger charge is -2.25. The molecule has 0 spiro atoms. The molecule has 0 fully saturated rings. The third-order valence-electron chi connectivity index (χ3n) is 5.86. The van der Waals surface area contributed by atoms with Crippen molar-refractivity contribution >= 4 is 28.6 Å². The predicted molar refractivity (Wildman–Crippen MR) is 126 cm³/mol. The molecule has 4 rings (SSSR count). The molecule has 3 heterocycles. The van der Waals surface area contributed by atoms with Crippen molar-refractivity contribution in [2.75, 3.05) is 20.6 Å². The van der Waals surface area contributed by atoms with E-state index >= 15 is 0 Å². The number of aryl methyl sites for hydroxylation is 2. The summed E-state index contributed by atoms with van der Waals surface area (Å²) in [4.78, 5) is 8.91. The highest BCUT2D eigenvalue weighted by Crippen LogP contribution is 2.42. The molecular formula is C23H28ClN5S. The van der Waals surface area contributed by atoms with Crippen LogP contribution in [-0.2, 0) is 5.54 Å². The summed E-state index contributed by atoms with van der Waals surface area (Å²) in [5, 5.41) is 11.0. The zero-order valence-electron chi connectivity index (χ0n) is 18.5. The van der Waals surface area contributed by atoms with Crippen molar-refractivity contribution in [2.45, 2.75) is 46.1 Å². The highest BCUT2D eigenvalue weighted by molar-refractivity contribution is 7.15. The van der Waals surface area contributed by atoms with Crippen LogP contribution in [0.4, 0.5) is 0 Å². The van der Waals surface area contributed by atoms with Gasteiger partial charge in [-0.1, -0.05) is 23.7 Å². The van der Waals surface area contributed by atoms with Crippen LogP contribution < -0.4 is 0 Å². The molecule has 0 radical (unpaired) electrons. The van der Waals surface area contributed by atoms with E-state index in [1.165, 1.54) is 16.0 Å². The zero-order chi connectivity index (χ0) is 21.6. The summed E-state index contributed by atoms with van der Waals surface area (Å²) >= 11 is 7.97. The number of fused-ring (bicyclic) bond motifs is 3. The molecule has 2 aromatic heterocycles. The minimum atomic E-state index is -0.467. The summed E-state index contributed by atoms with van der Waals surface area (Å²) in [7, 11) is 4.21. The van der Waals surface area contributed by atoms with E-state index in [-0.39, 0.29) is 0 Å².